The Morgan fingerprint density at radius 1 is 1.08 bits per heavy atom. The van der Waals surface area contributed by atoms with Crippen molar-refractivity contribution in [3.8, 4) is 5.75 Å². The summed E-state index contributed by atoms with van der Waals surface area (Å²) in [6.07, 6.45) is 1.82. The van der Waals surface area contributed by atoms with Gasteiger partial charge in [0.2, 0.25) is 0 Å². The first kappa shape index (κ1) is 17.0. The van der Waals surface area contributed by atoms with E-state index in [0.29, 0.717) is 5.75 Å². The summed E-state index contributed by atoms with van der Waals surface area (Å²) in [6, 6.07) is 15.4. The van der Waals surface area contributed by atoms with Crippen LogP contribution in [0.2, 0.25) is 0 Å². The summed E-state index contributed by atoms with van der Waals surface area (Å²) in [6.45, 7) is 1.46. The minimum absolute atomic E-state index is 0.00814. The highest BCUT2D eigenvalue weighted by Gasteiger charge is 2.23. The number of carbonyl (C=O) groups is 2. The molecule has 0 aromatic heterocycles. The third-order valence-corrected chi connectivity index (χ3v) is 4.21. The second kappa shape index (κ2) is 7.83. The van der Waals surface area contributed by atoms with Crippen LogP contribution >= 0.6 is 0 Å². The molecule has 0 fully saturated rings. The van der Waals surface area contributed by atoms with E-state index in [1.54, 1.807) is 12.1 Å². The minimum atomic E-state index is -0.567. The average Bonchev–Trinajstić information content (AvgIpc) is 3.02. The third-order valence-electron chi connectivity index (χ3n) is 4.21. The van der Waals surface area contributed by atoms with Gasteiger partial charge in [-0.15, -0.1) is 0 Å². The number of amides is 1. The van der Waals surface area contributed by atoms with Crippen molar-refractivity contribution in [1.29, 1.82) is 0 Å². The fourth-order valence-corrected chi connectivity index (χ4v) is 2.91. The second-order valence-electron chi connectivity index (χ2n) is 6.12. The Morgan fingerprint density at radius 3 is 2.64 bits per heavy atom. The van der Waals surface area contributed by atoms with Crippen molar-refractivity contribution in [3.63, 3.8) is 0 Å². The Bertz CT molecular complexity index is 755. The summed E-state index contributed by atoms with van der Waals surface area (Å²) < 4.78 is 10.3. The monoisotopic (exact) mass is 339 g/mol. The molecule has 1 unspecified atom stereocenters. The molecule has 0 heterocycles. The summed E-state index contributed by atoms with van der Waals surface area (Å²) in [5.41, 5.74) is 3.52. The molecule has 0 saturated carbocycles. The zero-order valence-electron chi connectivity index (χ0n) is 14.2. The van der Waals surface area contributed by atoms with Crippen LogP contribution < -0.4 is 10.1 Å². The molecule has 0 radical (unpaired) electrons. The van der Waals surface area contributed by atoms with Crippen LogP contribution in [0.25, 0.3) is 0 Å². The van der Waals surface area contributed by atoms with Gasteiger partial charge in [-0.1, -0.05) is 42.0 Å². The van der Waals surface area contributed by atoms with Gasteiger partial charge in [0.25, 0.3) is 5.91 Å². The van der Waals surface area contributed by atoms with Crippen LogP contribution in [-0.4, -0.2) is 25.1 Å². The molecule has 0 saturated heterocycles. The van der Waals surface area contributed by atoms with E-state index in [4.69, 9.17) is 9.47 Å². The highest BCUT2D eigenvalue weighted by atomic mass is 16.6. The van der Waals surface area contributed by atoms with E-state index >= 15 is 0 Å². The number of hydrogen-bond donors (Lipinski definition) is 1. The van der Waals surface area contributed by atoms with Crippen LogP contribution in [0.1, 0.15) is 29.2 Å². The number of nitrogens with one attached hydrogen (secondary N) is 1. The van der Waals surface area contributed by atoms with E-state index in [1.807, 2.05) is 37.3 Å². The van der Waals surface area contributed by atoms with E-state index in [-0.39, 0.29) is 25.2 Å². The molecule has 1 N–H and O–H groups in total. The average molecular weight is 339 g/mol. The van der Waals surface area contributed by atoms with E-state index in [1.165, 1.54) is 5.56 Å². The summed E-state index contributed by atoms with van der Waals surface area (Å²) in [5, 5.41) is 2.91. The van der Waals surface area contributed by atoms with Crippen molar-refractivity contribution in [1.82, 2.24) is 5.32 Å². The predicted octanol–water partition coefficient (Wildman–Crippen LogP) is 2.72. The summed E-state index contributed by atoms with van der Waals surface area (Å²) in [5.74, 6) is -0.275. The second-order valence-corrected chi connectivity index (χ2v) is 6.12. The predicted molar refractivity (Wildman–Crippen MR) is 93.3 cm³/mol. The molecule has 3 rings (SSSR count). The topological polar surface area (TPSA) is 64.6 Å². The Kier molecular flexibility index (Phi) is 5.33. The van der Waals surface area contributed by atoms with Crippen LogP contribution in [0.3, 0.4) is 0 Å². The van der Waals surface area contributed by atoms with Gasteiger partial charge in [0.15, 0.2) is 13.2 Å². The molecule has 1 amide bonds. The first-order chi connectivity index (χ1) is 12.1. The van der Waals surface area contributed by atoms with Crippen molar-refractivity contribution < 1.29 is 19.1 Å². The number of hydrogen-bond acceptors (Lipinski definition) is 4. The maximum atomic E-state index is 12.0. The lowest BCUT2D eigenvalue weighted by molar-refractivity contribution is -0.150. The van der Waals surface area contributed by atoms with Crippen molar-refractivity contribution in [2.45, 2.75) is 25.8 Å². The van der Waals surface area contributed by atoms with Gasteiger partial charge in [-0.2, -0.15) is 0 Å². The number of ether oxygens (including phenoxy) is 2. The van der Waals surface area contributed by atoms with E-state index in [0.717, 1.165) is 24.0 Å². The first-order valence-electron chi connectivity index (χ1n) is 8.34. The van der Waals surface area contributed by atoms with Gasteiger partial charge in [-0.3, -0.25) is 4.79 Å². The zero-order valence-corrected chi connectivity index (χ0v) is 14.2. The Hall–Kier alpha value is -2.82. The van der Waals surface area contributed by atoms with Gasteiger partial charge in [-0.25, -0.2) is 4.79 Å². The highest BCUT2D eigenvalue weighted by Crippen LogP contribution is 2.30. The van der Waals surface area contributed by atoms with E-state index < -0.39 is 5.97 Å². The molecule has 5 heteroatoms. The van der Waals surface area contributed by atoms with Gasteiger partial charge < -0.3 is 14.8 Å². The quantitative estimate of drug-likeness (QED) is 0.822. The smallest absolute Gasteiger partial charge is 0.344 e. The number of aryl methyl sites for hydroxylation is 2. The fraction of sp³-hybridized carbons (Fsp3) is 0.300. The van der Waals surface area contributed by atoms with Crippen molar-refractivity contribution >= 4 is 11.9 Å². The molecule has 1 aliphatic rings. The number of benzene rings is 2. The molecular weight excluding hydrogens is 318 g/mol. The normalized spacial score (nSPS) is 15.3. The largest absolute Gasteiger partial charge is 0.482 e. The lowest BCUT2D eigenvalue weighted by atomic mass is 10.1. The molecule has 1 atom stereocenters. The highest BCUT2D eigenvalue weighted by molar-refractivity contribution is 5.81. The molecule has 2 aromatic carbocycles. The van der Waals surface area contributed by atoms with Gasteiger partial charge >= 0.3 is 5.97 Å². The zero-order chi connectivity index (χ0) is 17.6. The van der Waals surface area contributed by atoms with Crippen LogP contribution in [0, 0.1) is 6.92 Å². The van der Waals surface area contributed by atoms with E-state index in [2.05, 4.69) is 11.4 Å². The van der Waals surface area contributed by atoms with Gasteiger partial charge in [0.1, 0.15) is 5.75 Å². The van der Waals surface area contributed by atoms with Crippen molar-refractivity contribution in [2.75, 3.05) is 13.2 Å². The van der Waals surface area contributed by atoms with Gasteiger partial charge in [0.05, 0.1) is 6.04 Å². The standard InChI is InChI=1S/C20H21NO4/c1-14-6-9-16(10-7-14)24-13-20(23)25-12-19(22)21-18-11-8-15-4-2-3-5-17(15)18/h2-7,9-10,18H,8,11-13H2,1H3,(H,21,22). The van der Waals surface area contributed by atoms with Crippen LogP contribution in [0.15, 0.2) is 48.5 Å². The van der Waals surface area contributed by atoms with Crippen LogP contribution in [-0.2, 0) is 20.7 Å². The van der Waals surface area contributed by atoms with Crippen molar-refractivity contribution in [2.24, 2.45) is 0 Å². The molecule has 130 valence electrons. The molecular formula is C20H21NO4. The van der Waals surface area contributed by atoms with Crippen molar-refractivity contribution in [3.05, 3.63) is 65.2 Å². The molecule has 0 aliphatic heterocycles. The number of esters is 1. The Labute approximate surface area is 147 Å². The lowest BCUT2D eigenvalue weighted by Crippen LogP contribution is -2.32. The minimum Gasteiger partial charge on any atom is -0.482 e. The molecule has 0 spiro atoms. The molecule has 25 heavy (non-hydrogen) atoms. The fourth-order valence-electron chi connectivity index (χ4n) is 2.91. The number of carbonyl (C=O) groups excluding carboxylic acids is 2. The number of rotatable bonds is 6. The summed E-state index contributed by atoms with van der Waals surface area (Å²) >= 11 is 0. The maximum absolute atomic E-state index is 12.0. The maximum Gasteiger partial charge on any atom is 0.344 e. The summed E-state index contributed by atoms with van der Waals surface area (Å²) in [7, 11) is 0. The SMILES string of the molecule is Cc1ccc(OCC(=O)OCC(=O)NC2CCc3ccccc32)cc1. The summed E-state index contributed by atoms with van der Waals surface area (Å²) in [4.78, 5) is 23.7. The first-order valence-corrected chi connectivity index (χ1v) is 8.34. The number of fused-ring (bicyclic) bond motifs is 1. The third kappa shape index (κ3) is 4.59. The van der Waals surface area contributed by atoms with Crippen LogP contribution in [0.4, 0.5) is 0 Å². The Balaban J connectivity index is 1.40. The Morgan fingerprint density at radius 2 is 1.84 bits per heavy atom. The molecule has 1 aliphatic carbocycles. The molecule has 0 bridgehead atoms. The van der Waals surface area contributed by atoms with E-state index in [9.17, 15) is 9.59 Å². The molecule has 2 aromatic rings. The van der Waals surface area contributed by atoms with Gasteiger partial charge in [0, 0.05) is 0 Å². The van der Waals surface area contributed by atoms with Crippen LogP contribution in [0.5, 0.6) is 5.75 Å². The molecule has 5 nitrogen and oxygen atoms in total. The lowest BCUT2D eigenvalue weighted by Gasteiger charge is -2.14. The van der Waals surface area contributed by atoms with Gasteiger partial charge in [-0.05, 0) is 43.0 Å².